The fourth-order valence-electron chi connectivity index (χ4n) is 1.53. The Hall–Kier alpha value is -1.68. The summed E-state index contributed by atoms with van der Waals surface area (Å²) in [5.41, 5.74) is 1.83. The van der Waals surface area contributed by atoms with Crippen LogP contribution in [0.5, 0.6) is 5.75 Å². The minimum atomic E-state index is -0.257. The molecule has 2 rings (SSSR count). The topological polar surface area (TPSA) is 35.0 Å². The van der Waals surface area contributed by atoms with Crippen molar-refractivity contribution >= 4 is 11.6 Å². The van der Waals surface area contributed by atoms with Crippen molar-refractivity contribution in [3.63, 3.8) is 0 Å². The van der Waals surface area contributed by atoms with Crippen LogP contribution in [0.1, 0.15) is 5.56 Å². The Labute approximate surface area is 103 Å². The van der Waals surface area contributed by atoms with Crippen LogP contribution in [0.2, 0.25) is 5.15 Å². The van der Waals surface area contributed by atoms with Crippen LogP contribution in [-0.4, -0.2) is 17.1 Å². The highest BCUT2D eigenvalue weighted by Gasteiger charge is 2.13. The third-order valence-corrected chi connectivity index (χ3v) is 2.67. The highest BCUT2D eigenvalue weighted by molar-refractivity contribution is 6.31. The Balaban J connectivity index is 2.60. The third-order valence-electron chi connectivity index (χ3n) is 2.40. The largest absolute Gasteiger partial charge is 0.491 e. The van der Waals surface area contributed by atoms with Gasteiger partial charge in [0, 0.05) is 5.56 Å². The molecule has 2 aromatic rings. The quantitative estimate of drug-likeness (QED) is 0.770. The van der Waals surface area contributed by atoms with E-state index in [9.17, 15) is 4.39 Å². The molecule has 0 N–H and O–H groups in total. The number of ether oxygens (including phenoxy) is 1. The minimum absolute atomic E-state index is 0.236. The van der Waals surface area contributed by atoms with Gasteiger partial charge in [-0.1, -0.05) is 11.6 Å². The molecule has 0 amide bonds. The number of methoxy groups -OCH3 is 1. The van der Waals surface area contributed by atoms with E-state index in [1.54, 1.807) is 19.1 Å². The minimum Gasteiger partial charge on any atom is -0.491 e. The summed E-state index contributed by atoms with van der Waals surface area (Å²) in [4.78, 5) is 7.94. The Kier molecular flexibility index (Phi) is 3.24. The molecule has 0 aliphatic rings. The number of aromatic nitrogens is 2. The average Bonchev–Trinajstić information content (AvgIpc) is 2.32. The monoisotopic (exact) mass is 252 g/mol. The number of nitrogens with zero attached hydrogens (tertiary/aromatic N) is 2. The molecule has 0 unspecified atom stereocenters. The molecule has 3 nitrogen and oxygen atoms in total. The van der Waals surface area contributed by atoms with Crippen LogP contribution >= 0.6 is 11.6 Å². The predicted molar refractivity (Wildman–Crippen MR) is 63.7 cm³/mol. The van der Waals surface area contributed by atoms with Crippen LogP contribution in [0.15, 0.2) is 24.5 Å². The molecule has 0 aliphatic carbocycles. The van der Waals surface area contributed by atoms with Crippen LogP contribution in [0.25, 0.3) is 11.3 Å². The summed E-state index contributed by atoms with van der Waals surface area (Å²) in [5.74, 6) is 0.132. The van der Waals surface area contributed by atoms with Crippen LogP contribution in [-0.2, 0) is 0 Å². The fraction of sp³-hybridized carbons (Fsp3) is 0.167. The fourth-order valence-corrected chi connectivity index (χ4v) is 1.74. The molecule has 17 heavy (non-hydrogen) atoms. The predicted octanol–water partition coefficient (Wildman–Crippen LogP) is 3.25. The second-order valence-electron chi connectivity index (χ2n) is 3.51. The molecule has 0 bridgehead atoms. The molecular weight excluding hydrogens is 243 g/mol. The number of hydrogen-bond donors (Lipinski definition) is 0. The van der Waals surface area contributed by atoms with Crippen molar-refractivity contribution in [1.29, 1.82) is 0 Å². The van der Waals surface area contributed by atoms with E-state index < -0.39 is 0 Å². The summed E-state index contributed by atoms with van der Waals surface area (Å²) >= 11 is 5.90. The van der Waals surface area contributed by atoms with Crippen molar-refractivity contribution in [3.8, 4) is 17.0 Å². The summed E-state index contributed by atoms with van der Waals surface area (Å²) in [6, 6.07) is 4.71. The molecule has 88 valence electrons. The Morgan fingerprint density at radius 2 is 2.06 bits per heavy atom. The van der Waals surface area contributed by atoms with Crippen LogP contribution < -0.4 is 4.74 Å². The highest BCUT2D eigenvalue weighted by Crippen LogP contribution is 2.32. The van der Waals surface area contributed by atoms with Crippen LogP contribution in [0, 0.1) is 12.7 Å². The van der Waals surface area contributed by atoms with Gasteiger partial charge in [-0.25, -0.2) is 14.4 Å². The van der Waals surface area contributed by atoms with Gasteiger partial charge < -0.3 is 4.74 Å². The van der Waals surface area contributed by atoms with Gasteiger partial charge in [0.05, 0.1) is 7.11 Å². The van der Waals surface area contributed by atoms with Gasteiger partial charge in [-0.2, -0.15) is 0 Å². The second kappa shape index (κ2) is 4.67. The van der Waals surface area contributed by atoms with Gasteiger partial charge in [-0.3, -0.25) is 0 Å². The lowest BCUT2D eigenvalue weighted by molar-refractivity contribution is 0.413. The van der Waals surface area contributed by atoms with Crippen molar-refractivity contribution in [1.82, 2.24) is 9.97 Å². The van der Waals surface area contributed by atoms with Gasteiger partial charge >= 0.3 is 0 Å². The van der Waals surface area contributed by atoms with Gasteiger partial charge in [0.2, 0.25) is 0 Å². The number of hydrogen-bond acceptors (Lipinski definition) is 3. The van der Waals surface area contributed by atoms with E-state index in [-0.39, 0.29) is 11.0 Å². The number of rotatable bonds is 2. The van der Waals surface area contributed by atoms with Gasteiger partial charge in [-0.05, 0) is 30.7 Å². The molecule has 1 heterocycles. The molecule has 1 aromatic heterocycles. The van der Waals surface area contributed by atoms with Gasteiger partial charge in [0.1, 0.15) is 17.8 Å². The summed E-state index contributed by atoms with van der Waals surface area (Å²) < 4.78 is 18.3. The Morgan fingerprint density at radius 3 is 2.71 bits per heavy atom. The summed E-state index contributed by atoms with van der Waals surface area (Å²) in [6.45, 7) is 1.69. The van der Waals surface area contributed by atoms with Crippen LogP contribution in [0.4, 0.5) is 4.39 Å². The summed E-state index contributed by atoms with van der Waals surface area (Å²) in [5, 5.41) is 0.236. The zero-order valence-electron chi connectivity index (χ0n) is 9.37. The van der Waals surface area contributed by atoms with Gasteiger partial charge in [-0.15, -0.1) is 0 Å². The van der Waals surface area contributed by atoms with Crippen molar-refractivity contribution in [3.05, 3.63) is 41.1 Å². The SMILES string of the molecule is COc1c(Cl)ncnc1-c1ccc(F)c(C)c1. The zero-order chi connectivity index (χ0) is 12.4. The molecule has 0 radical (unpaired) electrons. The van der Waals surface area contributed by atoms with E-state index in [1.165, 1.54) is 19.5 Å². The zero-order valence-corrected chi connectivity index (χ0v) is 10.1. The first kappa shape index (κ1) is 11.8. The first-order valence-corrected chi connectivity index (χ1v) is 5.32. The molecule has 0 saturated carbocycles. The molecular formula is C12H10ClFN2O. The van der Waals surface area contributed by atoms with Crippen molar-refractivity contribution in [2.45, 2.75) is 6.92 Å². The first-order chi connectivity index (χ1) is 8.13. The normalized spacial score (nSPS) is 10.4. The number of aryl methyl sites for hydroxylation is 1. The maximum absolute atomic E-state index is 13.2. The molecule has 1 aromatic carbocycles. The second-order valence-corrected chi connectivity index (χ2v) is 3.87. The number of benzene rings is 1. The van der Waals surface area contributed by atoms with E-state index in [0.717, 1.165) is 5.56 Å². The van der Waals surface area contributed by atoms with E-state index in [1.807, 2.05) is 0 Å². The lowest BCUT2D eigenvalue weighted by Crippen LogP contribution is -1.95. The average molecular weight is 253 g/mol. The number of halogens is 2. The third kappa shape index (κ3) is 2.22. The molecule has 0 spiro atoms. The first-order valence-electron chi connectivity index (χ1n) is 4.94. The van der Waals surface area contributed by atoms with E-state index in [2.05, 4.69) is 9.97 Å². The Morgan fingerprint density at radius 1 is 1.29 bits per heavy atom. The van der Waals surface area contributed by atoms with Gasteiger partial charge in [0.25, 0.3) is 0 Å². The van der Waals surface area contributed by atoms with Crippen molar-refractivity contribution in [2.75, 3.05) is 7.11 Å². The summed E-state index contributed by atoms with van der Waals surface area (Å²) in [6.07, 6.45) is 1.35. The molecule has 0 atom stereocenters. The maximum atomic E-state index is 13.2. The maximum Gasteiger partial charge on any atom is 0.182 e. The van der Waals surface area contributed by atoms with E-state index >= 15 is 0 Å². The molecule has 5 heteroatoms. The van der Waals surface area contributed by atoms with Crippen molar-refractivity contribution < 1.29 is 9.13 Å². The van der Waals surface area contributed by atoms with E-state index in [0.29, 0.717) is 17.0 Å². The standard InChI is InChI=1S/C12H10ClFN2O/c1-7-5-8(3-4-9(7)14)10-11(17-2)12(13)16-6-15-10/h3-6H,1-2H3. The summed E-state index contributed by atoms with van der Waals surface area (Å²) in [7, 11) is 1.49. The van der Waals surface area contributed by atoms with Crippen LogP contribution in [0.3, 0.4) is 0 Å². The Bertz CT molecular complexity index is 560. The highest BCUT2D eigenvalue weighted by atomic mass is 35.5. The molecule has 0 fully saturated rings. The van der Waals surface area contributed by atoms with Gasteiger partial charge in [0.15, 0.2) is 10.9 Å². The lowest BCUT2D eigenvalue weighted by Gasteiger charge is -2.09. The van der Waals surface area contributed by atoms with E-state index in [4.69, 9.17) is 16.3 Å². The smallest absolute Gasteiger partial charge is 0.182 e. The molecule has 0 saturated heterocycles. The molecule has 0 aliphatic heterocycles. The lowest BCUT2D eigenvalue weighted by atomic mass is 10.1. The van der Waals surface area contributed by atoms with Crippen molar-refractivity contribution in [2.24, 2.45) is 0 Å².